The van der Waals surface area contributed by atoms with Crippen molar-refractivity contribution in [2.75, 3.05) is 25.2 Å². The molecule has 0 unspecified atom stereocenters. The van der Waals surface area contributed by atoms with E-state index in [9.17, 15) is 8.42 Å². The van der Waals surface area contributed by atoms with Gasteiger partial charge in [0, 0.05) is 11.6 Å². The van der Waals surface area contributed by atoms with Crippen molar-refractivity contribution in [3.8, 4) is 11.5 Å². The highest BCUT2D eigenvalue weighted by molar-refractivity contribution is 7.91. The zero-order valence-corrected chi connectivity index (χ0v) is 12.9. The Kier molecular flexibility index (Phi) is 6.29. The summed E-state index contributed by atoms with van der Waals surface area (Å²) in [4.78, 5) is 0. The molecule has 7 nitrogen and oxygen atoms in total. The molecule has 0 fully saturated rings. The second kappa shape index (κ2) is 7.72. The zero-order chi connectivity index (χ0) is 15.9. The normalized spacial score (nSPS) is 12.2. The molecule has 1 aromatic carbocycles. The number of rotatable bonds is 8. The van der Waals surface area contributed by atoms with E-state index in [1.807, 2.05) is 6.92 Å². The SMILES string of the molecule is CCCS(=O)(=O)CCOc1cc(OC)cc(/C(N)=N/O)c1. The van der Waals surface area contributed by atoms with Gasteiger partial charge in [-0.3, -0.25) is 0 Å². The molecule has 0 saturated heterocycles. The number of hydrogen-bond donors (Lipinski definition) is 2. The number of ether oxygens (including phenoxy) is 2. The van der Waals surface area contributed by atoms with Gasteiger partial charge >= 0.3 is 0 Å². The van der Waals surface area contributed by atoms with Gasteiger partial charge in [-0.15, -0.1) is 0 Å². The molecule has 118 valence electrons. The number of nitrogens with zero attached hydrogens (tertiary/aromatic N) is 1. The van der Waals surface area contributed by atoms with Crippen LogP contribution in [0.1, 0.15) is 18.9 Å². The van der Waals surface area contributed by atoms with Crippen LogP contribution in [0, 0.1) is 0 Å². The molecule has 0 atom stereocenters. The molecular weight excluding hydrogens is 296 g/mol. The number of sulfone groups is 1. The monoisotopic (exact) mass is 316 g/mol. The molecule has 0 aromatic heterocycles. The summed E-state index contributed by atoms with van der Waals surface area (Å²) in [5.41, 5.74) is 5.94. The Morgan fingerprint density at radius 2 is 1.95 bits per heavy atom. The summed E-state index contributed by atoms with van der Waals surface area (Å²) < 4.78 is 33.7. The van der Waals surface area contributed by atoms with Crippen LogP contribution in [0.2, 0.25) is 0 Å². The van der Waals surface area contributed by atoms with Crippen LogP contribution in [0.25, 0.3) is 0 Å². The van der Waals surface area contributed by atoms with E-state index in [-0.39, 0.29) is 23.9 Å². The summed E-state index contributed by atoms with van der Waals surface area (Å²) in [6, 6.07) is 4.72. The molecule has 1 rings (SSSR count). The summed E-state index contributed by atoms with van der Waals surface area (Å²) in [7, 11) is -1.62. The highest BCUT2D eigenvalue weighted by atomic mass is 32.2. The van der Waals surface area contributed by atoms with Gasteiger partial charge < -0.3 is 20.4 Å². The topological polar surface area (TPSA) is 111 Å². The van der Waals surface area contributed by atoms with Crippen molar-refractivity contribution >= 4 is 15.7 Å². The van der Waals surface area contributed by atoms with Crippen LogP contribution in [-0.4, -0.2) is 44.7 Å². The van der Waals surface area contributed by atoms with Crippen molar-refractivity contribution in [3.05, 3.63) is 23.8 Å². The number of oxime groups is 1. The number of amidine groups is 1. The summed E-state index contributed by atoms with van der Waals surface area (Å²) in [5, 5.41) is 11.6. The largest absolute Gasteiger partial charge is 0.497 e. The average molecular weight is 316 g/mol. The van der Waals surface area contributed by atoms with Gasteiger partial charge in [0.15, 0.2) is 15.7 Å². The van der Waals surface area contributed by atoms with Gasteiger partial charge in [0.1, 0.15) is 18.1 Å². The summed E-state index contributed by atoms with van der Waals surface area (Å²) in [6.07, 6.45) is 0.579. The fourth-order valence-electron chi connectivity index (χ4n) is 1.68. The third kappa shape index (κ3) is 5.50. The molecule has 8 heteroatoms. The molecule has 0 aliphatic rings. The minimum atomic E-state index is -3.09. The second-order valence-electron chi connectivity index (χ2n) is 4.38. The number of hydrogen-bond acceptors (Lipinski definition) is 6. The van der Waals surface area contributed by atoms with Crippen LogP contribution in [0.3, 0.4) is 0 Å². The van der Waals surface area contributed by atoms with E-state index in [0.717, 1.165) is 0 Å². The molecule has 0 aliphatic carbocycles. The summed E-state index contributed by atoms with van der Waals surface area (Å²) >= 11 is 0. The van der Waals surface area contributed by atoms with Crippen LogP contribution < -0.4 is 15.2 Å². The molecule has 0 radical (unpaired) electrons. The smallest absolute Gasteiger partial charge is 0.170 e. The molecule has 0 heterocycles. The fourth-order valence-corrected chi connectivity index (χ4v) is 2.84. The Morgan fingerprint density at radius 3 is 2.52 bits per heavy atom. The first-order chi connectivity index (χ1) is 9.91. The van der Waals surface area contributed by atoms with Crippen LogP contribution in [-0.2, 0) is 9.84 Å². The van der Waals surface area contributed by atoms with E-state index in [1.165, 1.54) is 7.11 Å². The van der Waals surface area contributed by atoms with Gasteiger partial charge in [-0.25, -0.2) is 8.42 Å². The zero-order valence-electron chi connectivity index (χ0n) is 12.1. The molecule has 0 amide bonds. The Bertz CT molecular complexity index is 599. The van der Waals surface area contributed by atoms with Crippen molar-refractivity contribution in [3.63, 3.8) is 0 Å². The molecule has 21 heavy (non-hydrogen) atoms. The molecule has 0 aliphatic heterocycles. The van der Waals surface area contributed by atoms with Crippen molar-refractivity contribution in [1.82, 2.24) is 0 Å². The lowest BCUT2D eigenvalue weighted by atomic mass is 10.2. The first-order valence-corrected chi connectivity index (χ1v) is 8.24. The van der Waals surface area contributed by atoms with Crippen LogP contribution >= 0.6 is 0 Å². The molecule has 0 saturated carbocycles. The third-order valence-electron chi connectivity index (χ3n) is 2.70. The van der Waals surface area contributed by atoms with Crippen molar-refractivity contribution in [2.24, 2.45) is 10.9 Å². The Morgan fingerprint density at radius 1 is 1.29 bits per heavy atom. The van der Waals surface area contributed by atoms with E-state index in [0.29, 0.717) is 23.5 Å². The number of nitrogens with two attached hydrogens (primary N) is 1. The van der Waals surface area contributed by atoms with Gasteiger partial charge in [0.25, 0.3) is 0 Å². The van der Waals surface area contributed by atoms with Crippen LogP contribution in [0.4, 0.5) is 0 Å². The maximum Gasteiger partial charge on any atom is 0.170 e. The van der Waals surface area contributed by atoms with Gasteiger partial charge in [0.2, 0.25) is 0 Å². The molecule has 1 aromatic rings. The van der Waals surface area contributed by atoms with Crippen LogP contribution in [0.5, 0.6) is 11.5 Å². The fraction of sp³-hybridized carbons (Fsp3) is 0.462. The maximum atomic E-state index is 11.6. The Hall–Kier alpha value is -1.96. The van der Waals surface area contributed by atoms with Gasteiger partial charge in [-0.05, 0) is 18.6 Å². The highest BCUT2D eigenvalue weighted by Crippen LogP contribution is 2.22. The lowest BCUT2D eigenvalue weighted by Gasteiger charge is -2.10. The first kappa shape index (κ1) is 17.1. The standard InChI is InChI=1S/C13H20N2O5S/c1-3-5-21(17,18)6-4-20-12-8-10(13(14)15-16)7-11(9-12)19-2/h7-9,16H,3-6H2,1-2H3,(H2,14,15). The Labute approximate surface area is 124 Å². The van der Waals surface area contributed by atoms with E-state index in [1.54, 1.807) is 18.2 Å². The first-order valence-electron chi connectivity index (χ1n) is 6.42. The minimum absolute atomic E-state index is 0.0329. The predicted octanol–water partition coefficient (Wildman–Crippen LogP) is 0.993. The quantitative estimate of drug-likeness (QED) is 0.320. The Balaban J connectivity index is 2.79. The maximum absolute atomic E-state index is 11.6. The van der Waals surface area contributed by atoms with E-state index < -0.39 is 9.84 Å². The van der Waals surface area contributed by atoms with E-state index in [4.69, 9.17) is 20.4 Å². The average Bonchev–Trinajstić information content (AvgIpc) is 2.45. The summed E-state index contributed by atoms with van der Waals surface area (Å²) in [5.74, 6) is 0.853. The number of methoxy groups -OCH3 is 1. The second-order valence-corrected chi connectivity index (χ2v) is 6.69. The predicted molar refractivity (Wildman–Crippen MR) is 79.9 cm³/mol. The van der Waals surface area contributed by atoms with E-state index >= 15 is 0 Å². The molecule has 3 N–H and O–H groups in total. The van der Waals surface area contributed by atoms with Crippen LogP contribution in [0.15, 0.2) is 23.4 Å². The molecule has 0 bridgehead atoms. The lowest BCUT2D eigenvalue weighted by molar-refractivity contribution is 0.318. The lowest BCUT2D eigenvalue weighted by Crippen LogP contribution is -2.17. The summed E-state index contributed by atoms with van der Waals surface area (Å²) in [6.45, 7) is 1.84. The van der Waals surface area contributed by atoms with Crippen molar-refractivity contribution in [1.29, 1.82) is 0 Å². The molecule has 0 spiro atoms. The third-order valence-corrected chi connectivity index (χ3v) is 4.52. The van der Waals surface area contributed by atoms with Crippen molar-refractivity contribution in [2.45, 2.75) is 13.3 Å². The van der Waals surface area contributed by atoms with E-state index in [2.05, 4.69) is 5.16 Å². The molecular formula is C13H20N2O5S. The minimum Gasteiger partial charge on any atom is -0.497 e. The van der Waals surface area contributed by atoms with Crippen molar-refractivity contribution < 1.29 is 23.1 Å². The van der Waals surface area contributed by atoms with Gasteiger partial charge in [0.05, 0.1) is 18.6 Å². The highest BCUT2D eigenvalue weighted by Gasteiger charge is 2.11. The van der Waals surface area contributed by atoms with Gasteiger partial charge in [-0.1, -0.05) is 12.1 Å². The van der Waals surface area contributed by atoms with Gasteiger partial charge in [-0.2, -0.15) is 0 Å². The number of benzene rings is 1.